The van der Waals surface area contributed by atoms with E-state index < -0.39 is 34.4 Å². The van der Waals surface area contributed by atoms with Crippen LogP contribution >= 0.6 is 11.8 Å². The Balaban J connectivity index is 1.58. The fraction of sp³-hybridized carbons (Fsp3) is 0.833. The highest BCUT2D eigenvalue weighted by Gasteiger charge is 2.49. The Bertz CT molecular complexity index is 608. The number of nitrogens with one attached hydrogen (secondary N) is 1. The Kier molecular flexibility index (Phi) is 5.20. The van der Waals surface area contributed by atoms with Gasteiger partial charge in [0.15, 0.2) is 0 Å². The van der Waals surface area contributed by atoms with Crippen molar-refractivity contribution in [2.75, 3.05) is 18.1 Å². The molecule has 3 amide bonds. The Morgan fingerprint density at radius 2 is 1.96 bits per heavy atom. The molecule has 0 aromatic rings. The van der Waals surface area contributed by atoms with Crippen molar-refractivity contribution in [2.24, 2.45) is 0 Å². The first-order chi connectivity index (χ1) is 11.3. The fourth-order valence-corrected chi connectivity index (χ4v) is 4.56. The second-order valence-corrected chi connectivity index (χ2v) is 8.14. The zero-order chi connectivity index (χ0) is 17.3. The van der Waals surface area contributed by atoms with Gasteiger partial charge in [-0.25, -0.2) is 10.3 Å². The number of amides is 3. The van der Waals surface area contributed by atoms with Gasteiger partial charge in [0, 0.05) is 6.54 Å². The number of carbonyl (C=O) groups is 2. The maximum Gasteiger partial charge on any atom is 0.418 e. The van der Waals surface area contributed by atoms with Gasteiger partial charge in [0.25, 0.3) is 5.91 Å². The van der Waals surface area contributed by atoms with Crippen LogP contribution in [0.1, 0.15) is 25.7 Å². The van der Waals surface area contributed by atoms with Gasteiger partial charge < -0.3 is 4.90 Å². The number of rotatable bonds is 5. The maximum atomic E-state index is 12.3. The minimum absolute atomic E-state index is 0.0276. The van der Waals surface area contributed by atoms with Crippen LogP contribution in [0.4, 0.5) is 4.79 Å². The van der Waals surface area contributed by atoms with E-state index in [9.17, 15) is 18.0 Å². The Labute approximate surface area is 143 Å². The summed E-state index contributed by atoms with van der Waals surface area (Å²) in [5.74, 6) is 1.53. The lowest BCUT2D eigenvalue weighted by atomic mass is 10.0. The smallest absolute Gasteiger partial charge is 0.309 e. The van der Waals surface area contributed by atoms with Crippen molar-refractivity contribution in [2.45, 2.75) is 43.9 Å². The molecular weight excluding hydrogens is 362 g/mol. The molecule has 3 heterocycles. The third-order valence-electron chi connectivity index (χ3n) is 4.29. The summed E-state index contributed by atoms with van der Waals surface area (Å²) < 4.78 is 34.7. The quantitative estimate of drug-likeness (QED) is 0.501. The lowest BCUT2D eigenvalue weighted by Crippen LogP contribution is -2.50. The first-order valence-electron chi connectivity index (χ1n) is 7.65. The third kappa shape index (κ3) is 3.94. The van der Waals surface area contributed by atoms with E-state index in [1.165, 1.54) is 4.90 Å². The number of fused-ring (bicyclic) bond motifs is 2. The largest absolute Gasteiger partial charge is 0.418 e. The van der Waals surface area contributed by atoms with Gasteiger partial charge in [-0.2, -0.15) is 25.2 Å². The maximum absolute atomic E-state index is 12.3. The monoisotopic (exact) mass is 381 g/mol. The summed E-state index contributed by atoms with van der Waals surface area (Å²) in [6.07, 6.45) is 2.43. The zero-order valence-electron chi connectivity index (χ0n) is 12.8. The highest BCUT2D eigenvalue weighted by atomic mass is 32.3. The molecule has 0 aromatic heterocycles. The summed E-state index contributed by atoms with van der Waals surface area (Å²) in [6, 6.07) is -2.02. The SMILES string of the molecule is O=C(NOC1CCSCC1)[C@@H]1CC[C@@H]2CN1C(=O)N2OS(=O)(=O)O. The van der Waals surface area contributed by atoms with Crippen LogP contribution in [-0.4, -0.2) is 71.1 Å². The van der Waals surface area contributed by atoms with Gasteiger partial charge in [-0.1, -0.05) is 0 Å². The van der Waals surface area contributed by atoms with Crippen molar-refractivity contribution in [1.82, 2.24) is 15.4 Å². The minimum atomic E-state index is -4.79. The topological polar surface area (TPSA) is 125 Å². The average Bonchev–Trinajstić information content (AvgIpc) is 2.77. The molecule has 24 heavy (non-hydrogen) atoms. The molecule has 0 aromatic carbocycles. The van der Waals surface area contributed by atoms with Crippen molar-refractivity contribution in [1.29, 1.82) is 0 Å². The van der Waals surface area contributed by atoms with Gasteiger partial charge >= 0.3 is 16.4 Å². The number of nitrogens with zero attached hydrogens (tertiary/aromatic N) is 2. The van der Waals surface area contributed by atoms with Crippen LogP contribution in [0, 0.1) is 0 Å². The van der Waals surface area contributed by atoms with Gasteiger partial charge in [-0.05, 0) is 37.2 Å². The molecule has 136 valence electrons. The molecule has 2 N–H and O–H groups in total. The minimum Gasteiger partial charge on any atom is -0.309 e. The molecule has 0 saturated carbocycles. The first-order valence-corrected chi connectivity index (χ1v) is 10.2. The number of hydroxylamine groups is 3. The molecule has 12 heteroatoms. The number of piperidine rings is 1. The van der Waals surface area contributed by atoms with Gasteiger partial charge in [-0.15, -0.1) is 4.28 Å². The van der Waals surface area contributed by atoms with Gasteiger partial charge in [0.2, 0.25) is 0 Å². The molecule has 2 atom stereocenters. The van der Waals surface area contributed by atoms with E-state index in [4.69, 9.17) is 9.39 Å². The van der Waals surface area contributed by atoms with E-state index in [1.54, 1.807) is 0 Å². The summed E-state index contributed by atoms with van der Waals surface area (Å²) >= 11 is 1.84. The van der Waals surface area contributed by atoms with Crippen LogP contribution in [-0.2, 0) is 24.3 Å². The van der Waals surface area contributed by atoms with E-state index in [0.29, 0.717) is 17.9 Å². The Morgan fingerprint density at radius 3 is 2.62 bits per heavy atom. The summed E-state index contributed by atoms with van der Waals surface area (Å²) in [5.41, 5.74) is 2.42. The first kappa shape index (κ1) is 17.7. The molecule has 0 radical (unpaired) electrons. The van der Waals surface area contributed by atoms with E-state index in [1.807, 2.05) is 11.8 Å². The van der Waals surface area contributed by atoms with Crippen molar-refractivity contribution < 1.29 is 31.7 Å². The average molecular weight is 381 g/mol. The Morgan fingerprint density at radius 1 is 1.25 bits per heavy atom. The number of carbonyl (C=O) groups excluding carboxylic acids is 2. The van der Waals surface area contributed by atoms with Crippen LogP contribution in [0.15, 0.2) is 0 Å². The molecule has 0 aliphatic carbocycles. The van der Waals surface area contributed by atoms with Crippen LogP contribution in [0.3, 0.4) is 0 Å². The molecule has 3 aliphatic heterocycles. The molecule has 0 spiro atoms. The zero-order valence-corrected chi connectivity index (χ0v) is 14.4. The number of urea groups is 1. The van der Waals surface area contributed by atoms with Crippen LogP contribution in [0.2, 0.25) is 0 Å². The van der Waals surface area contributed by atoms with E-state index in [0.717, 1.165) is 24.3 Å². The van der Waals surface area contributed by atoms with Gasteiger partial charge in [0.1, 0.15) is 6.04 Å². The molecule has 10 nitrogen and oxygen atoms in total. The molecule has 3 saturated heterocycles. The van der Waals surface area contributed by atoms with Crippen molar-refractivity contribution in [3.63, 3.8) is 0 Å². The van der Waals surface area contributed by atoms with Crippen LogP contribution in [0.5, 0.6) is 0 Å². The number of hydrogen-bond acceptors (Lipinski definition) is 7. The standard InChI is InChI=1S/C12H19N3O7S2/c16-11(13-21-9-3-5-23-6-4-9)10-2-1-8-7-14(10)12(17)15(8)22-24(18,19)20/h8-10H,1-7H2,(H,13,16)(H,18,19,20)/t8-,10+/m1/s1. The molecule has 3 fully saturated rings. The fourth-order valence-electron chi connectivity index (χ4n) is 3.11. The molecule has 0 unspecified atom stereocenters. The van der Waals surface area contributed by atoms with E-state index in [-0.39, 0.29) is 12.6 Å². The van der Waals surface area contributed by atoms with Crippen LogP contribution < -0.4 is 5.48 Å². The molecule has 3 aliphatic rings. The summed E-state index contributed by atoms with van der Waals surface area (Å²) in [5, 5.41) is 0.613. The van der Waals surface area contributed by atoms with E-state index in [2.05, 4.69) is 9.76 Å². The van der Waals surface area contributed by atoms with Crippen LogP contribution in [0.25, 0.3) is 0 Å². The van der Waals surface area contributed by atoms with Crippen molar-refractivity contribution >= 4 is 34.1 Å². The van der Waals surface area contributed by atoms with Crippen molar-refractivity contribution in [3.05, 3.63) is 0 Å². The predicted molar refractivity (Wildman–Crippen MR) is 83.0 cm³/mol. The number of thioether (sulfide) groups is 1. The highest BCUT2D eigenvalue weighted by molar-refractivity contribution is 7.99. The number of hydrogen-bond donors (Lipinski definition) is 2. The van der Waals surface area contributed by atoms with E-state index >= 15 is 0 Å². The second kappa shape index (κ2) is 7.04. The second-order valence-electron chi connectivity index (χ2n) is 5.91. The van der Waals surface area contributed by atoms with Gasteiger partial charge in [-0.3, -0.25) is 14.2 Å². The lowest BCUT2D eigenvalue weighted by molar-refractivity contribution is -0.144. The normalized spacial score (nSPS) is 28.3. The summed E-state index contributed by atoms with van der Waals surface area (Å²) in [7, 11) is -4.79. The molecule has 2 bridgehead atoms. The summed E-state index contributed by atoms with van der Waals surface area (Å²) in [6.45, 7) is 0.159. The van der Waals surface area contributed by atoms with Gasteiger partial charge in [0.05, 0.1) is 12.1 Å². The van der Waals surface area contributed by atoms with Crippen molar-refractivity contribution in [3.8, 4) is 0 Å². The Hall–Kier alpha value is -1.08. The molecular formula is C12H19N3O7S2. The molecule has 3 rings (SSSR count). The lowest BCUT2D eigenvalue weighted by Gasteiger charge is -2.30. The third-order valence-corrected chi connectivity index (χ3v) is 5.69. The highest BCUT2D eigenvalue weighted by Crippen LogP contribution is 2.30. The summed E-state index contributed by atoms with van der Waals surface area (Å²) in [4.78, 5) is 31.2. The predicted octanol–water partition coefficient (Wildman–Crippen LogP) is -0.0672.